The minimum absolute atomic E-state index is 0.0257. The average molecular weight is 587 g/mol. The Morgan fingerprint density at radius 1 is 0.786 bits per heavy atom. The maximum atomic E-state index is 11.7. The van der Waals surface area contributed by atoms with Crippen LogP contribution in [0.15, 0.2) is 11.6 Å². The van der Waals surface area contributed by atoms with E-state index in [4.69, 9.17) is 18.9 Å². The average Bonchev–Trinajstić information content (AvgIpc) is 2.87. The molecule has 4 saturated carbocycles. The Labute approximate surface area is 254 Å². The standard InChI is InChI=1S/C36H58O6/c1-29(2)17-22-21-11-12-24-32(7)15-14-25-33(8,20-39-30(3,4)40-25)23(32)13-16-34(24,9)35(21,10)18-26-36(22,19-37)28(27(29)38)42-31(5,6)41-26/h11,22-28,37-38H,12-20H2,1-10H3/t22-,23+,24+,25-,26+,27-,28-,32-,33+,34+,35+,36-/m0/s1. The van der Waals surface area contributed by atoms with E-state index in [1.165, 1.54) is 24.8 Å². The van der Waals surface area contributed by atoms with Crippen LogP contribution in [0.1, 0.15) is 114 Å². The van der Waals surface area contributed by atoms with E-state index in [1.807, 2.05) is 13.8 Å². The van der Waals surface area contributed by atoms with Crippen molar-refractivity contribution in [2.45, 2.75) is 150 Å². The molecule has 0 amide bonds. The van der Waals surface area contributed by atoms with Crippen LogP contribution in [0, 0.1) is 50.2 Å². The molecule has 2 saturated heterocycles. The zero-order chi connectivity index (χ0) is 30.5. The summed E-state index contributed by atoms with van der Waals surface area (Å²) in [6.07, 6.45) is 9.00. The van der Waals surface area contributed by atoms with Gasteiger partial charge in [0, 0.05) is 5.41 Å². The van der Waals surface area contributed by atoms with Crippen molar-refractivity contribution < 1.29 is 29.2 Å². The number of allylic oxidation sites excluding steroid dienone is 2. The fourth-order valence-electron chi connectivity index (χ4n) is 12.7. The van der Waals surface area contributed by atoms with E-state index in [1.54, 1.807) is 0 Å². The highest BCUT2D eigenvalue weighted by atomic mass is 16.7. The zero-order valence-corrected chi connectivity index (χ0v) is 28.0. The Morgan fingerprint density at radius 2 is 1.48 bits per heavy atom. The van der Waals surface area contributed by atoms with E-state index >= 15 is 0 Å². The van der Waals surface area contributed by atoms with Crippen molar-refractivity contribution >= 4 is 0 Å². The molecule has 0 aromatic heterocycles. The molecule has 0 spiro atoms. The van der Waals surface area contributed by atoms with Gasteiger partial charge < -0.3 is 29.2 Å². The van der Waals surface area contributed by atoms with E-state index in [0.29, 0.717) is 11.8 Å². The first-order chi connectivity index (χ1) is 19.3. The number of hydrogen-bond donors (Lipinski definition) is 2. The maximum Gasteiger partial charge on any atom is 0.163 e. The molecule has 0 aromatic rings. The third kappa shape index (κ3) is 3.55. The molecule has 12 atom stereocenters. The summed E-state index contributed by atoms with van der Waals surface area (Å²) in [7, 11) is 0. The van der Waals surface area contributed by atoms with E-state index in [2.05, 4.69) is 61.5 Å². The third-order valence-electron chi connectivity index (χ3n) is 15.1. The van der Waals surface area contributed by atoms with E-state index < -0.39 is 29.2 Å². The number of fused-ring (bicyclic) bond motifs is 8. The summed E-state index contributed by atoms with van der Waals surface area (Å²) >= 11 is 0. The second-order valence-corrected chi connectivity index (χ2v) is 18.3. The van der Waals surface area contributed by atoms with Crippen LogP contribution in [0.4, 0.5) is 0 Å². The Bertz CT molecular complexity index is 1180. The van der Waals surface area contributed by atoms with Gasteiger partial charge in [0.1, 0.15) is 0 Å². The van der Waals surface area contributed by atoms with Crippen LogP contribution in [-0.4, -0.2) is 59.4 Å². The molecule has 5 aliphatic carbocycles. The monoisotopic (exact) mass is 586 g/mol. The zero-order valence-electron chi connectivity index (χ0n) is 28.0. The highest BCUT2D eigenvalue weighted by Gasteiger charge is 2.75. The minimum atomic E-state index is -0.815. The van der Waals surface area contributed by atoms with Crippen LogP contribution in [-0.2, 0) is 18.9 Å². The third-order valence-corrected chi connectivity index (χ3v) is 15.1. The van der Waals surface area contributed by atoms with Crippen LogP contribution in [0.25, 0.3) is 0 Å². The van der Waals surface area contributed by atoms with Gasteiger partial charge in [-0.05, 0) is 112 Å². The first kappa shape index (κ1) is 30.2. The van der Waals surface area contributed by atoms with Gasteiger partial charge in [-0.15, -0.1) is 0 Å². The van der Waals surface area contributed by atoms with Crippen molar-refractivity contribution in [1.29, 1.82) is 0 Å². The number of rotatable bonds is 1. The summed E-state index contributed by atoms with van der Waals surface area (Å²) in [5, 5.41) is 23.0. The summed E-state index contributed by atoms with van der Waals surface area (Å²) in [6.45, 7) is 23.4. The molecule has 2 heterocycles. The molecule has 7 rings (SSSR count). The predicted molar refractivity (Wildman–Crippen MR) is 161 cm³/mol. The number of aliphatic hydroxyl groups is 2. The van der Waals surface area contributed by atoms with E-state index in [9.17, 15) is 10.2 Å². The van der Waals surface area contributed by atoms with E-state index in [-0.39, 0.29) is 51.8 Å². The molecule has 2 aliphatic heterocycles. The highest BCUT2D eigenvalue weighted by molar-refractivity contribution is 5.37. The topological polar surface area (TPSA) is 77.4 Å². The van der Waals surface area contributed by atoms with Gasteiger partial charge in [0.15, 0.2) is 11.6 Å². The Balaban J connectivity index is 1.32. The summed E-state index contributed by atoms with van der Waals surface area (Å²) in [6, 6.07) is 0. The Hall–Kier alpha value is -0.500. The molecule has 0 unspecified atom stereocenters. The lowest BCUT2D eigenvalue weighted by Gasteiger charge is -2.74. The van der Waals surface area contributed by atoms with Gasteiger partial charge in [0.05, 0.1) is 43.0 Å². The lowest BCUT2D eigenvalue weighted by molar-refractivity contribution is -0.403. The molecule has 238 valence electrons. The van der Waals surface area contributed by atoms with Gasteiger partial charge in [-0.25, -0.2) is 0 Å². The molecule has 7 aliphatic rings. The fraction of sp³-hybridized carbons (Fsp3) is 0.944. The number of ether oxygens (including phenoxy) is 4. The Kier molecular flexibility index (Phi) is 6.21. The summed E-state index contributed by atoms with van der Waals surface area (Å²) in [5.74, 6) is -0.0923. The largest absolute Gasteiger partial charge is 0.396 e. The van der Waals surface area contributed by atoms with Crippen LogP contribution in [0.3, 0.4) is 0 Å². The van der Waals surface area contributed by atoms with Crippen molar-refractivity contribution in [3.05, 3.63) is 11.6 Å². The predicted octanol–water partition coefficient (Wildman–Crippen LogP) is 6.62. The molecule has 0 bridgehead atoms. The molecule has 0 aromatic carbocycles. The van der Waals surface area contributed by atoms with Crippen LogP contribution >= 0.6 is 0 Å². The van der Waals surface area contributed by atoms with Gasteiger partial charge in [-0.2, -0.15) is 0 Å². The molecule has 6 heteroatoms. The number of hydrogen-bond acceptors (Lipinski definition) is 6. The minimum Gasteiger partial charge on any atom is -0.396 e. The lowest BCUT2D eigenvalue weighted by Crippen LogP contribution is -2.75. The molecule has 0 radical (unpaired) electrons. The van der Waals surface area contributed by atoms with Gasteiger partial charge in [0.2, 0.25) is 0 Å². The highest BCUT2D eigenvalue weighted by Crippen LogP contribution is 2.77. The van der Waals surface area contributed by atoms with Crippen molar-refractivity contribution in [3.8, 4) is 0 Å². The van der Waals surface area contributed by atoms with E-state index in [0.717, 1.165) is 32.3 Å². The molecule has 6 fully saturated rings. The summed E-state index contributed by atoms with van der Waals surface area (Å²) < 4.78 is 26.4. The lowest BCUT2D eigenvalue weighted by atomic mass is 9.33. The first-order valence-electron chi connectivity index (χ1n) is 17.0. The van der Waals surface area contributed by atoms with Gasteiger partial charge in [-0.3, -0.25) is 0 Å². The normalized spacial score (nSPS) is 57.0. The molecule has 2 N–H and O–H groups in total. The molecule has 6 nitrogen and oxygen atoms in total. The smallest absolute Gasteiger partial charge is 0.163 e. The summed E-state index contributed by atoms with van der Waals surface area (Å²) in [5.41, 5.74) is 0.819. The number of aliphatic hydroxyl groups excluding tert-OH is 2. The van der Waals surface area contributed by atoms with Crippen LogP contribution in [0.5, 0.6) is 0 Å². The van der Waals surface area contributed by atoms with Crippen LogP contribution in [0.2, 0.25) is 0 Å². The molecular formula is C36H58O6. The second-order valence-electron chi connectivity index (χ2n) is 18.3. The van der Waals surface area contributed by atoms with Crippen molar-refractivity contribution in [2.24, 2.45) is 50.2 Å². The quantitative estimate of drug-likeness (QED) is 0.336. The first-order valence-corrected chi connectivity index (χ1v) is 17.0. The fourth-order valence-corrected chi connectivity index (χ4v) is 12.7. The van der Waals surface area contributed by atoms with Crippen molar-refractivity contribution in [2.75, 3.05) is 13.2 Å². The Morgan fingerprint density at radius 3 is 2.17 bits per heavy atom. The van der Waals surface area contributed by atoms with Gasteiger partial charge in [0.25, 0.3) is 0 Å². The van der Waals surface area contributed by atoms with Crippen molar-refractivity contribution in [3.63, 3.8) is 0 Å². The second kappa shape index (κ2) is 8.64. The molecular weight excluding hydrogens is 528 g/mol. The van der Waals surface area contributed by atoms with Crippen molar-refractivity contribution in [1.82, 2.24) is 0 Å². The maximum absolute atomic E-state index is 11.7. The van der Waals surface area contributed by atoms with Gasteiger partial charge in [-0.1, -0.05) is 53.2 Å². The summed E-state index contributed by atoms with van der Waals surface area (Å²) in [4.78, 5) is 0. The van der Waals surface area contributed by atoms with Crippen LogP contribution < -0.4 is 0 Å². The molecule has 42 heavy (non-hydrogen) atoms. The SMILES string of the molecule is CC1(C)OC[C@]2(C)[C@@H]3CC[C@]4(C)[C@H](CC=C5[C@@H]6CC(C)(C)[C@@H](O)[C@@H]7OC(C)(C)O[C@H](C[C@]54C)[C@]67CO)[C@@]3(C)CC[C@@H]2O1. The van der Waals surface area contributed by atoms with Gasteiger partial charge >= 0.3 is 0 Å².